The zero-order valence-corrected chi connectivity index (χ0v) is 14.1. The predicted octanol–water partition coefficient (Wildman–Crippen LogP) is 3.32. The van der Waals surface area contributed by atoms with Gasteiger partial charge in [0.25, 0.3) is 5.91 Å². The molecule has 0 aliphatic carbocycles. The van der Waals surface area contributed by atoms with Crippen LogP contribution in [0.5, 0.6) is 5.75 Å². The highest BCUT2D eigenvalue weighted by molar-refractivity contribution is 9.10. The van der Waals surface area contributed by atoms with Crippen molar-refractivity contribution >= 4 is 33.5 Å². The number of hydrogen-bond donors (Lipinski definition) is 1. The fourth-order valence-corrected chi connectivity index (χ4v) is 1.96. The minimum absolute atomic E-state index is 0.241. The van der Waals surface area contributed by atoms with Crippen molar-refractivity contribution in [3.05, 3.63) is 58.6 Å². The number of aryl methyl sites for hydroxylation is 1. The molecule has 0 radical (unpaired) electrons. The van der Waals surface area contributed by atoms with E-state index in [1.54, 1.807) is 36.4 Å². The lowest BCUT2D eigenvalue weighted by Crippen LogP contribution is -2.23. The highest BCUT2D eigenvalue weighted by Gasteiger charge is 2.09. The van der Waals surface area contributed by atoms with Gasteiger partial charge < -0.3 is 14.8 Å². The minimum atomic E-state index is -0.600. The average molecular weight is 378 g/mol. The Morgan fingerprint density at radius 2 is 1.65 bits per heavy atom. The molecule has 1 amide bonds. The topological polar surface area (TPSA) is 64.6 Å². The van der Waals surface area contributed by atoms with E-state index in [2.05, 4.69) is 21.2 Å². The Morgan fingerprint density at radius 3 is 2.30 bits per heavy atom. The van der Waals surface area contributed by atoms with Crippen molar-refractivity contribution in [2.75, 3.05) is 18.5 Å². The molecule has 5 nitrogen and oxygen atoms in total. The summed E-state index contributed by atoms with van der Waals surface area (Å²) in [7, 11) is 0. The van der Waals surface area contributed by atoms with Crippen molar-refractivity contribution in [3.8, 4) is 5.75 Å². The first-order chi connectivity index (χ1) is 11.0. The van der Waals surface area contributed by atoms with Gasteiger partial charge in [-0.2, -0.15) is 0 Å². The molecule has 0 heterocycles. The Morgan fingerprint density at radius 1 is 1.00 bits per heavy atom. The molecule has 120 valence electrons. The molecule has 0 saturated heterocycles. The lowest BCUT2D eigenvalue weighted by Gasteiger charge is -2.08. The highest BCUT2D eigenvalue weighted by atomic mass is 79.9. The molecule has 0 spiro atoms. The predicted molar refractivity (Wildman–Crippen MR) is 90.4 cm³/mol. The number of carbonyl (C=O) groups is 2. The summed E-state index contributed by atoms with van der Waals surface area (Å²) in [4.78, 5) is 23.2. The van der Waals surface area contributed by atoms with Crippen LogP contribution in [0.3, 0.4) is 0 Å². The Kier molecular flexibility index (Phi) is 6.17. The van der Waals surface area contributed by atoms with Gasteiger partial charge in [0.15, 0.2) is 13.2 Å². The normalized spacial score (nSPS) is 10.0. The molecule has 2 aromatic rings. The van der Waals surface area contributed by atoms with Crippen LogP contribution >= 0.6 is 15.9 Å². The highest BCUT2D eigenvalue weighted by Crippen LogP contribution is 2.14. The molecule has 1 N–H and O–H groups in total. The fraction of sp³-hybridized carbons (Fsp3) is 0.176. The molecule has 0 bridgehead atoms. The van der Waals surface area contributed by atoms with Crippen LogP contribution in [-0.4, -0.2) is 25.1 Å². The van der Waals surface area contributed by atoms with E-state index in [1.807, 2.05) is 19.1 Å². The first kappa shape index (κ1) is 17.0. The summed E-state index contributed by atoms with van der Waals surface area (Å²) in [5, 5.41) is 2.63. The van der Waals surface area contributed by atoms with Crippen LogP contribution < -0.4 is 10.1 Å². The zero-order valence-electron chi connectivity index (χ0n) is 12.5. The molecule has 0 unspecified atom stereocenters. The van der Waals surface area contributed by atoms with Gasteiger partial charge in [-0.25, -0.2) is 4.79 Å². The van der Waals surface area contributed by atoms with Gasteiger partial charge in [-0.3, -0.25) is 4.79 Å². The molecule has 0 aliphatic heterocycles. The standard InChI is InChI=1S/C17H16BrNO4/c1-12-2-8-15(9-3-12)22-11-17(21)23-10-16(20)19-14-6-4-13(18)5-7-14/h2-9H,10-11H2,1H3,(H,19,20). The summed E-state index contributed by atoms with van der Waals surface area (Å²) in [5.41, 5.74) is 1.73. The van der Waals surface area contributed by atoms with E-state index in [0.29, 0.717) is 11.4 Å². The van der Waals surface area contributed by atoms with Crippen LogP contribution in [0.2, 0.25) is 0 Å². The summed E-state index contributed by atoms with van der Waals surface area (Å²) >= 11 is 3.31. The number of ether oxygens (including phenoxy) is 2. The summed E-state index contributed by atoms with van der Waals surface area (Å²) in [5.74, 6) is -0.431. The Bertz CT molecular complexity index is 668. The van der Waals surface area contributed by atoms with Crippen LogP contribution in [0.25, 0.3) is 0 Å². The molecular weight excluding hydrogens is 362 g/mol. The van der Waals surface area contributed by atoms with Gasteiger partial charge in [0.05, 0.1) is 0 Å². The maximum atomic E-state index is 11.7. The van der Waals surface area contributed by atoms with Gasteiger partial charge in [-0.05, 0) is 43.3 Å². The Labute approximate surface area is 142 Å². The number of carbonyl (C=O) groups excluding carboxylic acids is 2. The van der Waals surface area contributed by atoms with E-state index in [1.165, 1.54) is 0 Å². The number of hydrogen-bond acceptors (Lipinski definition) is 4. The van der Waals surface area contributed by atoms with Gasteiger partial charge in [-0.15, -0.1) is 0 Å². The van der Waals surface area contributed by atoms with Crippen molar-refractivity contribution < 1.29 is 19.1 Å². The van der Waals surface area contributed by atoms with Crippen molar-refractivity contribution in [2.45, 2.75) is 6.92 Å². The zero-order chi connectivity index (χ0) is 16.7. The van der Waals surface area contributed by atoms with Gasteiger partial charge in [-0.1, -0.05) is 33.6 Å². The Balaban J connectivity index is 1.70. The van der Waals surface area contributed by atoms with Crippen molar-refractivity contribution in [1.29, 1.82) is 0 Å². The van der Waals surface area contributed by atoms with Crippen LogP contribution in [0.15, 0.2) is 53.0 Å². The SMILES string of the molecule is Cc1ccc(OCC(=O)OCC(=O)Nc2ccc(Br)cc2)cc1. The second kappa shape index (κ2) is 8.33. The number of amides is 1. The quantitative estimate of drug-likeness (QED) is 0.784. The summed E-state index contributed by atoms with van der Waals surface area (Å²) < 4.78 is 11.0. The van der Waals surface area contributed by atoms with Gasteiger partial charge >= 0.3 is 5.97 Å². The Hall–Kier alpha value is -2.34. The molecule has 0 fully saturated rings. The molecule has 0 saturated carbocycles. The van der Waals surface area contributed by atoms with E-state index in [9.17, 15) is 9.59 Å². The first-order valence-corrected chi connectivity index (χ1v) is 7.73. The monoisotopic (exact) mass is 377 g/mol. The lowest BCUT2D eigenvalue weighted by molar-refractivity contribution is -0.149. The molecule has 2 aromatic carbocycles. The van der Waals surface area contributed by atoms with E-state index < -0.39 is 11.9 Å². The van der Waals surface area contributed by atoms with Crippen molar-refractivity contribution in [1.82, 2.24) is 0 Å². The van der Waals surface area contributed by atoms with Gasteiger partial charge in [0, 0.05) is 10.2 Å². The van der Waals surface area contributed by atoms with Crippen LogP contribution in [0, 0.1) is 6.92 Å². The smallest absolute Gasteiger partial charge is 0.344 e. The third-order valence-corrected chi connectivity index (χ3v) is 3.40. The largest absolute Gasteiger partial charge is 0.482 e. The number of rotatable bonds is 6. The summed E-state index contributed by atoms with van der Waals surface area (Å²) in [6.07, 6.45) is 0. The van der Waals surface area contributed by atoms with E-state index >= 15 is 0 Å². The number of esters is 1. The summed E-state index contributed by atoms with van der Waals surface area (Å²) in [6.45, 7) is 1.36. The maximum Gasteiger partial charge on any atom is 0.344 e. The van der Waals surface area contributed by atoms with Crippen molar-refractivity contribution in [2.24, 2.45) is 0 Å². The average Bonchev–Trinajstić information content (AvgIpc) is 2.54. The van der Waals surface area contributed by atoms with E-state index in [-0.39, 0.29) is 13.2 Å². The molecule has 23 heavy (non-hydrogen) atoms. The van der Waals surface area contributed by atoms with Gasteiger partial charge in [0.2, 0.25) is 0 Å². The fourth-order valence-electron chi connectivity index (χ4n) is 1.69. The van der Waals surface area contributed by atoms with E-state index in [4.69, 9.17) is 9.47 Å². The van der Waals surface area contributed by atoms with E-state index in [0.717, 1.165) is 10.0 Å². The first-order valence-electron chi connectivity index (χ1n) is 6.93. The molecular formula is C17H16BrNO4. The third kappa shape index (κ3) is 6.12. The minimum Gasteiger partial charge on any atom is -0.482 e. The molecule has 2 rings (SSSR count). The molecule has 0 aromatic heterocycles. The number of benzene rings is 2. The maximum absolute atomic E-state index is 11.7. The number of halogens is 1. The summed E-state index contributed by atoms with van der Waals surface area (Å²) in [6, 6.07) is 14.4. The van der Waals surface area contributed by atoms with Crippen molar-refractivity contribution in [3.63, 3.8) is 0 Å². The molecule has 0 aliphatic rings. The third-order valence-electron chi connectivity index (χ3n) is 2.87. The molecule has 0 atom stereocenters. The molecule has 6 heteroatoms. The number of anilines is 1. The van der Waals surface area contributed by atoms with Crippen LogP contribution in [0.4, 0.5) is 5.69 Å². The van der Waals surface area contributed by atoms with Crippen LogP contribution in [0.1, 0.15) is 5.56 Å². The van der Waals surface area contributed by atoms with Gasteiger partial charge in [0.1, 0.15) is 5.75 Å². The van der Waals surface area contributed by atoms with Crippen LogP contribution in [-0.2, 0) is 14.3 Å². The number of nitrogens with one attached hydrogen (secondary N) is 1. The lowest BCUT2D eigenvalue weighted by atomic mass is 10.2. The second-order valence-corrected chi connectivity index (χ2v) is 5.73. The second-order valence-electron chi connectivity index (χ2n) is 4.82.